The molecule has 0 aromatic heterocycles. The van der Waals surface area contributed by atoms with E-state index in [4.69, 9.17) is 12.2 Å². The lowest BCUT2D eigenvalue weighted by molar-refractivity contribution is -0.883. The van der Waals surface area contributed by atoms with Gasteiger partial charge in [0.2, 0.25) is 5.91 Å². The minimum Gasteiger partial charge on any atom is -0.334 e. The van der Waals surface area contributed by atoms with Crippen molar-refractivity contribution in [2.75, 3.05) is 39.8 Å². The SMILES string of the molecule is C[NH+]1CCN(C(=O)CCN2C(=O)C(=Cc3ccccc3)SC2=S)CC1. The van der Waals surface area contributed by atoms with E-state index in [9.17, 15) is 9.59 Å². The second-order valence-electron chi connectivity index (χ2n) is 6.33. The summed E-state index contributed by atoms with van der Waals surface area (Å²) in [4.78, 5) is 30.4. The van der Waals surface area contributed by atoms with Crippen molar-refractivity contribution in [1.82, 2.24) is 9.80 Å². The highest BCUT2D eigenvalue weighted by molar-refractivity contribution is 8.26. The van der Waals surface area contributed by atoms with Gasteiger partial charge < -0.3 is 9.80 Å². The first-order valence-corrected chi connectivity index (χ1v) is 9.66. The molecule has 0 saturated carbocycles. The molecule has 0 atom stereocenters. The number of amides is 2. The molecule has 2 aliphatic rings. The number of thioether (sulfide) groups is 1. The molecule has 2 heterocycles. The molecule has 2 aliphatic heterocycles. The number of quaternary nitrogens is 1. The standard InChI is InChI=1S/C18H21N3O2S2/c1-19-9-11-20(12-10-19)16(22)7-8-21-17(23)15(25-18(21)24)13-14-5-3-2-4-6-14/h2-6,13H,7-12H2,1H3/p+1. The van der Waals surface area contributed by atoms with E-state index < -0.39 is 0 Å². The molecule has 7 heteroatoms. The average Bonchev–Trinajstić information content (AvgIpc) is 2.88. The second kappa shape index (κ2) is 8.12. The van der Waals surface area contributed by atoms with Gasteiger partial charge >= 0.3 is 0 Å². The van der Waals surface area contributed by atoms with Gasteiger partial charge in [-0.05, 0) is 11.6 Å². The molecule has 1 N–H and O–H groups in total. The van der Waals surface area contributed by atoms with Crippen molar-refractivity contribution < 1.29 is 14.5 Å². The van der Waals surface area contributed by atoms with E-state index in [1.54, 1.807) is 4.90 Å². The first kappa shape index (κ1) is 18.1. The number of nitrogens with one attached hydrogen (secondary N) is 1. The third-order valence-corrected chi connectivity index (χ3v) is 5.87. The van der Waals surface area contributed by atoms with Gasteiger partial charge in [-0.1, -0.05) is 54.3 Å². The molecular weight excluding hydrogens is 354 g/mol. The Bertz CT molecular complexity index is 698. The lowest BCUT2D eigenvalue weighted by Crippen LogP contribution is -3.12. The van der Waals surface area contributed by atoms with Gasteiger partial charge in [-0.2, -0.15) is 0 Å². The van der Waals surface area contributed by atoms with E-state index in [1.807, 2.05) is 41.3 Å². The number of rotatable bonds is 4. The number of carbonyl (C=O) groups is 2. The Hall–Kier alpha value is -1.70. The van der Waals surface area contributed by atoms with Crippen LogP contribution in [-0.2, 0) is 9.59 Å². The molecule has 1 aromatic rings. The Morgan fingerprint density at radius 1 is 1.28 bits per heavy atom. The predicted octanol–water partition coefficient (Wildman–Crippen LogP) is 0.635. The highest BCUT2D eigenvalue weighted by Gasteiger charge is 2.32. The van der Waals surface area contributed by atoms with Crippen molar-refractivity contribution in [3.05, 3.63) is 40.8 Å². The number of thiocarbonyl (C=S) groups is 1. The second-order valence-corrected chi connectivity index (χ2v) is 8.01. The molecule has 25 heavy (non-hydrogen) atoms. The molecule has 5 nitrogen and oxygen atoms in total. The van der Waals surface area contributed by atoms with Crippen LogP contribution in [0.25, 0.3) is 6.08 Å². The Kier molecular flexibility index (Phi) is 5.88. The molecule has 2 saturated heterocycles. The number of benzene rings is 1. The quantitative estimate of drug-likeness (QED) is 0.619. The van der Waals surface area contributed by atoms with Crippen LogP contribution in [0.5, 0.6) is 0 Å². The van der Waals surface area contributed by atoms with Crippen molar-refractivity contribution >= 4 is 46.2 Å². The smallest absolute Gasteiger partial charge is 0.266 e. The monoisotopic (exact) mass is 376 g/mol. The Morgan fingerprint density at radius 2 is 1.96 bits per heavy atom. The van der Waals surface area contributed by atoms with Gasteiger partial charge in [-0.3, -0.25) is 14.5 Å². The molecule has 132 valence electrons. The molecule has 0 radical (unpaired) electrons. The Balaban J connectivity index is 1.58. The summed E-state index contributed by atoms with van der Waals surface area (Å²) >= 11 is 6.64. The maximum Gasteiger partial charge on any atom is 0.266 e. The van der Waals surface area contributed by atoms with Crippen LogP contribution in [0.15, 0.2) is 35.2 Å². The lowest BCUT2D eigenvalue weighted by atomic mass is 10.2. The van der Waals surface area contributed by atoms with Gasteiger partial charge in [0.25, 0.3) is 5.91 Å². The van der Waals surface area contributed by atoms with Crippen LogP contribution in [0.3, 0.4) is 0 Å². The van der Waals surface area contributed by atoms with E-state index in [0.717, 1.165) is 31.7 Å². The van der Waals surface area contributed by atoms with Gasteiger partial charge in [-0.25, -0.2) is 0 Å². The zero-order chi connectivity index (χ0) is 17.8. The van der Waals surface area contributed by atoms with Crippen LogP contribution in [-0.4, -0.2) is 65.7 Å². The number of nitrogens with zero attached hydrogens (tertiary/aromatic N) is 2. The molecule has 0 aliphatic carbocycles. The van der Waals surface area contributed by atoms with E-state index in [1.165, 1.54) is 16.7 Å². The van der Waals surface area contributed by atoms with Crippen LogP contribution < -0.4 is 4.90 Å². The summed E-state index contributed by atoms with van der Waals surface area (Å²) in [5.41, 5.74) is 0.971. The van der Waals surface area contributed by atoms with Crippen LogP contribution in [0, 0.1) is 0 Å². The van der Waals surface area contributed by atoms with Gasteiger partial charge in [0.05, 0.1) is 38.1 Å². The van der Waals surface area contributed by atoms with E-state index >= 15 is 0 Å². The van der Waals surface area contributed by atoms with Gasteiger partial charge in [0, 0.05) is 13.0 Å². The zero-order valence-electron chi connectivity index (χ0n) is 14.2. The third kappa shape index (κ3) is 4.48. The van der Waals surface area contributed by atoms with Gasteiger partial charge in [-0.15, -0.1) is 0 Å². The number of hydrogen-bond acceptors (Lipinski definition) is 4. The summed E-state index contributed by atoms with van der Waals surface area (Å²) in [6.45, 7) is 3.89. The topological polar surface area (TPSA) is 45.1 Å². The van der Waals surface area contributed by atoms with Crippen LogP contribution in [0.4, 0.5) is 0 Å². The summed E-state index contributed by atoms with van der Waals surface area (Å²) in [7, 11) is 2.14. The predicted molar refractivity (Wildman–Crippen MR) is 104 cm³/mol. The number of likely N-dealkylation sites (N-methyl/N-ethyl adjacent to an activating group) is 1. The maximum absolute atomic E-state index is 12.6. The largest absolute Gasteiger partial charge is 0.334 e. The summed E-state index contributed by atoms with van der Waals surface area (Å²) < 4.78 is 0.530. The minimum absolute atomic E-state index is 0.102. The van der Waals surface area contributed by atoms with Crippen molar-refractivity contribution in [3.8, 4) is 0 Å². The van der Waals surface area contributed by atoms with Crippen molar-refractivity contribution in [3.63, 3.8) is 0 Å². The molecule has 0 spiro atoms. The molecular formula is C18H22N3O2S2+. The summed E-state index contributed by atoms with van der Waals surface area (Å²) in [6, 6.07) is 9.71. The highest BCUT2D eigenvalue weighted by atomic mass is 32.2. The van der Waals surface area contributed by atoms with Crippen LogP contribution in [0.1, 0.15) is 12.0 Å². The fourth-order valence-electron chi connectivity index (χ4n) is 2.90. The van der Waals surface area contributed by atoms with Gasteiger partial charge in [0.1, 0.15) is 4.32 Å². The van der Waals surface area contributed by atoms with Crippen molar-refractivity contribution in [1.29, 1.82) is 0 Å². The van der Waals surface area contributed by atoms with Crippen molar-refractivity contribution in [2.45, 2.75) is 6.42 Å². The number of piperazine rings is 1. The third-order valence-electron chi connectivity index (χ3n) is 4.49. The molecule has 1 aromatic carbocycles. The molecule has 2 fully saturated rings. The normalized spacial score (nSPS) is 20.6. The average molecular weight is 377 g/mol. The van der Waals surface area contributed by atoms with E-state index in [2.05, 4.69) is 7.05 Å². The summed E-state index contributed by atoms with van der Waals surface area (Å²) in [6.07, 6.45) is 2.18. The van der Waals surface area contributed by atoms with E-state index in [-0.39, 0.29) is 11.8 Å². The minimum atomic E-state index is -0.102. The van der Waals surface area contributed by atoms with E-state index in [0.29, 0.717) is 22.2 Å². The number of hydrogen-bond donors (Lipinski definition) is 1. The summed E-state index contributed by atoms with van der Waals surface area (Å²) in [5, 5.41) is 0. The highest BCUT2D eigenvalue weighted by Crippen LogP contribution is 2.32. The molecule has 0 bridgehead atoms. The lowest BCUT2D eigenvalue weighted by Gasteiger charge is -2.30. The molecule has 0 unspecified atom stereocenters. The maximum atomic E-state index is 12.6. The van der Waals surface area contributed by atoms with Crippen molar-refractivity contribution in [2.24, 2.45) is 0 Å². The van der Waals surface area contributed by atoms with Crippen LogP contribution >= 0.6 is 24.0 Å². The molecule has 2 amide bonds. The Morgan fingerprint density at radius 3 is 2.64 bits per heavy atom. The first-order chi connectivity index (χ1) is 12.0. The Labute approximate surface area is 157 Å². The van der Waals surface area contributed by atoms with Crippen LogP contribution in [0.2, 0.25) is 0 Å². The first-order valence-electron chi connectivity index (χ1n) is 8.44. The van der Waals surface area contributed by atoms with Gasteiger partial charge in [0.15, 0.2) is 0 Å². The number of carbonyl (C=O) groups excluding carboxylic acids is 2. The zero-order valence-corrected chi connectivity index (χ0v) is 15.9. The summed E-state index contributed by atoms with van der Waals surface area (Å²) in [5.74, 6) is 0.00284. The molecule has 3 rings (SSSR count). The fraction of sp³-hybridized carbons (Fsp3) is 0.389. The fourth-order valence-corrected chi connectivity index (χ4v) is 4.21.